The lowest BCUT2D eigenvalue weighted by Gasteiger charge is -2.47. The Hall–Kier alpha value is -2.00. The van der Waals surface area contributed by atoms with E-state index in [4.69, 9.17) is 23.7 Å². The molecule has 4 rings (SSSR count). The second-order valence-electron chi connectivity index (χ2n) is 12.6. The molecule has 1 N–H and O–H groups in total. The van der Waals surface area contributed by atoms with Crippen molar-refractivity contribution < 1.29 is 28.8 Å². The van der Waals surface area contributed by atoms with Gasteiger partial charge in [0, 0.05) is 42.2 Å². The van der Waals surface area contributed by atoms with E-state index in [2.05, 4.69) is 77.1 Å². The number of fused-ring (bicyclic) bond motifs is 1. The van der Waals surface area contributed by atoms with Gasteiger partial charge in [-0.1, -0.05) is 78.5 Å². The lowest BCUT2D eigenvalue weighted by Crippen LogP contribution is -2.58. The minimum atomic E-state index is -1.77. The van der Waals surface area contributed by atoms with Crippen molar-refractivity contribution in [1.29, 1.82) is 0 Å². The maximum absolute atomic E-state index is 12.9. The number of ether oxygens (including phenoxy) is 5. The highest BCUT2D eigenvalue weighted by Gasteiger charge is 2.53. The first kappa shape index (κ1) is 36.8. The number of rotatable bonds is 21. The number of hydrogen-bond donors (Lipinski definition) is 1. The van der Waals surface area contributed by atoms with Gasteiger partial charge in [0.15, 0.2) is 0 Å². The molecule has 1 aliphatic heterocycles. The summed E-state index contributed by atoms with van der Waals surface area (Å²) in [6, 6.07) is 15.1. The van der Waals surface area contributed by atoms with Gasteiger partial charge in [-0.15, -0.1) is 11.3 Å². The average Bonchev–Trinajstić information content (AvgIpc) is 3.47. The van der Waals surface area contributed by atoms with Gasteiger partial charge in [-0.3, -0.25) is 0 Å². The van der Waals surface area contributed by atoms with Gasteiger partial charge in [0.1, 0.15) is 11.9 Å². The molecule has 0 amide bonds. The van der Waals surface area contributed by atoms with Crippen LogP contribution in [0.15, 0.2) is 42.5 Å². The number of aryl methyl sites for hydroxylation is 1. The monoisotopic (exact) mass is 654 g/mol. The molecule has 1 aliphatic rings. The smallest absolute Gasteiger partial charge is 0.226 e. The molecule has 2 heterocycles. The molecule has 0 spiro atoms. The van der Waals surface area contributed by atoms with Crippen molar-refractivity contribution in [3.63, 3.8) is 0 Å². The second kappa shape index (κ2) is 19.1. The zero-order valence-corrected chi connectivity index (χ0v) is 29.8. The van der Waals surface area contributed by atoms with Crippen LogP contribution in [0.2, 0.25) is 0 Å². The predicted octanol–water partition coefficient (Wildman–Crippen LogP) is 9.35. The highest BCUT2D eigenvalue weighted by molar-refractivity contribution is 7.19. The number of thiophene rings is 1. The summed E-state index contributed by atoms with van der Waals surface area (Å²) in [4.78, 5) is 1.29. The van der Waals surface area contributed by atoms with E-state index in [-0.39, 0.29) is 12.2 Å². The van der Waals surface area contributed by atoms with E-state index >= 15 is 0 Å². The molecule has 6 nitrogen and oxygen atoms in total. The lowest BCUT2D eigenvalue weighted by atomic mass is 9.86. The number of unbranched alkanes of at least 4 members (excludes halogenated alkanes) is 4. The zero-order valence-electron chi connectivity index (χ0n) is 29.0. The van der Waals surface area contributed by atoms with Crippen LogP contribution < -0.4 is 4.74 Å². The number of benzene rings is 2. The molecule has 0 bridgehead atoms. The molecule has 1 unspecified atom stereocenters. The van der Waals surface area contributed by atoms with E-state index in [0.717, 1.165) is 64.2 Å². The molecule has 1 aromatic heterocycles. The van der Waals surface area contributed by atoms with Gasteiger partial charge < -0.3 is 28.8 Å². The summed E-state index contributed by atoms with van der Waals surface area (Å²) < 4.78 is 33.7. The molecular weight excluding hydrogens is 596 g/mol. The Morgan fingerprint density at radius 1 is 0.826 bits per heavy atom. The molecule has 256 valence electrons. The van der Waals surface area contributed by atoms with Gasteiger partial charge in [-0.05, 0) is 72.9 Å². The van der Waals surface area contributed by atoms with E-state index in [1.807, 2.05) is 11.3 Å². The van der Waals surface area contributed by atoms with E-state index in [9.17, 15) is 5.11 Å². The second-order valence-corrected chi connectivity index (χ2v) is 13.8. The van der Waals surface area contributed by atoms with E-state index in [1.54, 1.807) is 0 Å². The Bertz CT molecular complexity index is 1270. The Morgan fingerprint density at radius 3 is 2.24 bits per heavy atom. The maximum atomic E-state index is 12.9. The summed E-state index contributed by atoms with van der Waals surface area (Å²) >= 11 is 1.83. The van der Waals surface area contributed by atoms with E-state index in [0.29, 0.717) is 50.8 Å². The molecule has 7 heteroatoms. The molecule has 0 saturated carbocycles. The molecule has 46 heavy (non-hydrogen) atoms. The molecule has 1 saturated heterocycles. The largest absolute Gasteiger partial charge is 0.493 e. The van der Waals surface area contributed by atoms with Gasteiger partial charge in [-0.25, -0.2) is 0 Å². The molecule has 2 aromatic carbocycles. The van der Waals surface area contributed by atoms with E-state index in [1.165, 1.54) is 26.1 Å². The predicted molar refractivity (Wildman–Crippen MR) is 189 cm³/mol. The zero-order chi connectivity index (χ0) is 32.8. The van der Waals surface area contributed by atoms with Crippen molar-refractivity contribution >= 4 is 21.4 Å². The summed E-state index contributed by atoms with van der Waals surface area (Å²) in [5.74, 6) is -1.11. The van der Waals surface area contributed by atoms with Gasteiger partial charge in [-0.2, -0.15) is 0 Å². The fourth-order valence-electron chi connectivity index (χ4n) is 6.09. The Balaban J connectivity index is 1.79. The fraction of sp³-hybridized carbons (Fsp3) is 0.641. The SMILES string of the molecule is CCCCOC[C@@H]1C[C@H](OCCCC)[C@@H](OCCCC)C(O)(c2cc(Cc3cc4ccccc4s3)c(CC)cc2OCCCC)O1. The van der Waals surface area contributed by atoms with Crippen LogP contribution in [0.5, 0.6) is 5.75 Å². The van der Waals surface area contributed by atoms with Gasteiger partial charge >= 0.3 is 0 Å². The highest BCUT2D eigenvalue weighted by atomic mass is 32.1. The van der Waals surface area contributed by atoms with Crippen LogP contribution in [0.4, 0.5) is 0 Å². The summed E-state index contributed by atoms with van der Waals surface area (Å²) in [6.45, 7) is 13.6. The van der Waals surface area contributed by atoms with Gasteiger partial charge in [0.2, 0.25) is 5.79 Å². The Morgan fingerprint density at radius 2 is 1.52 bits per heavy atom. The summed E-state index contributed by atoms with van der Waals surface area (Å²) in [7, 11) is 0. The molecule has 0 radical (unpaired) electrons. The van der Waals surface area contributed by atoms with Gasteiger partial charge in [0.05, 0.1) is 31.0 Å². The summed E-state index contributed by atoms with van der Waals surface area (Å²) in [6.07, 6.45) is 8.70. The average molecular weight is 655 g/mol. The molecule has 4 atom stereocenters. The van der Waals surface area contributed by atoms with Crippen molar-refractivity contribution in [3.05, 3.63) is 64.0 Å². The number of aliphatic hydroxyl groups is 1. The molecular formula is C39H58O6S. The third-order valence-corrected chi connectivity index (χ3v) is 9.92. The van der Waals surface area contributed by atoms with Crippen molar-refractivity contribution in [2.45, 2.75) is 129 Å². The third kappa shape index (κ3) is 9.77. The molecule has 1 fully saturated rings. The number of hydrogen-bond acceptors (Lipinski definition) is 7. The van der Waals surface area contributed by atoms with Crippen LogP contribution >= 0.6 is 11.3 Å². The van der Waals surface area contributed by atoms with Crippen LogP contribution in [0.1, 0.15) is 114 Å². The highest BCUT2D eigenvalue weighted by Crippen LogP contribution is 2.45. The topological polar surface area (TPSA) is 66.4 Å². The Labute approximate surface area is 281 Å². The van der Waals surface area contributed by atoms with Gasteiger partial charge in [0.25, 0.3) is 0 Å². The Kier molecular flexibility index (Phi) is 15.3. The minimum Gasteiger partial charge on any atom is -0.493 e. The maximum Gasteiger partial charge on any atom is 0.226 e. The molecule has 3 aromatic rings. The standard InChI is InChI=1S/C39H58O6S/c1-6-11-19-41-28-32-27-36(43-21-13-8-3)38(44-22-14-9-4)39(40,45-32)34-25-31(29(10-5)26-35(34)42-20-12-7-2)24-33-23-30-17-15-16-18-37(30)46-33/h15-18,23,25-26,32,36,38,40H,6-14,19-22,24,27-28H2,1-5H3/t32-,36-,38+,39?/m0/s1. The molecule has 0 aliphatic carbocycles. The van der Waals surface area contributed by atoms with Crippen molar-refractivity contribution in [2.75, 3.05) is 33.0 Å². The van der Waals surface area contributed by atoms with Crippen LogP contribution in [0, 0.1) is 0 Å². The third-order valence-electron chi connectivity index (χ3n) is 8.80. The normalized spacial score (nSPS) is 21.7. The van der Waals surface area contributed by atoms with Crippen molar-refractivity contribution in [1.82, 2.24) is 0 Å². The van der Waals surface area contributed by atoms with Crippen LogP contribution in [-0.2, 0) is 37.6 Å². The lowest BCUT2D eigenvalue weighted by molar-refractivity contribution is -0.348. The first-order valence-electron chi connectivity index (χ1n) is 17.9. The van der Waals surface area contributed by atoms with Crippen molar-refractivity contribution in [3.8, 4) is 5.75 Å². The fourth-order valence-corrected chi connectivity index (χ4v) is 7.18. The summed E-state index contributed by atoms with van der Waals surface area (Å²) in [5.41, 5.74) is 3.01. The minimum absolute atomic E-state index is 0.345. The first-order chi connectivity index (χ1) is 22.5. The van der Waals surface area contributed by atoms with Crippen LogP contribution in [0.3, 0.4) is 0 Å². The first-order valence-corrected chi connectivity index (χ1v) is 18.8. The van der Waals surface area contributed by atoms with Crippen LogP contribution in [-0.4, -0.2) is 56.5 Å². The van der Waals surface area contributed by atoms with Crippen molar-refractivity contribution in [2.24, 2.45) is 0 Å². The summed E-state index contributed by atoms with van der Waals surface area (Å²) in [5, 5.41) is 14.2. The quantitative estimate of drug-likeness (QED) is 0.116. The van der Waals surface area contributed by atoms with Crippen LogP contribution in [0.25, 0.3) is 10.1 Å². The van der Waals surface area contributed by atoms with E-state index < -0.39 is 11.9 Å².